The average Bonchev–Trinajstić information content (AvgIpc) is 3.51. The van der Waals surface area contributed by atoms with Gasteiger partial charge in [0.25, 0.3) is 0 Å². The van der Waals surface area contributed by atoms with Crippen LogP contribution in [-0.4, -0.2) is 83.8 Å². The van der Waals surface area contributed by atoms with Crippen LogP contribution in [0.3, 0.4) is 0 Å². The lowest BCUT2D eigenvalue weighted by Gasteiger charge is -2.35. The van der Waals surface area contributed by atoms with Gasteiger partial charge in [-0.2, -0.15) is 0 Å². The number of methoxy groups -OCH3 is 2. The summed E-state index contributed by atoms with van der Waals surface area (Å²) in [5.74, 6) is 2.56. The van der Waals surface area contributed by atoms with E-state index < -0.39 is 23.0 Å². The maximum Gasteiger partial charge on any atom is 0.322 e. The second-order valence-corrected chi connectivity index (χ2v) is 17.0. The summed E-state index contributed by atoms with van der Waals surface area (Å²) in [5, 5.41) is 27.2. The third kappa shape index (κ3) is 5.73. The van der Waals surface area contributed by atoms with Crippen molar-refractivity contribution in [2.24, 2.45) is 0 Å². The van der Waals surface area contributed by atoms with Crippen molar-refractivity contribution in [1.29, 1.82) is 0 Å². The molecule has 0 saturated heterocycles. The summed E-state index contributed by atoms with van der Waals surface area (Å²) in [6, 6.07) is 8.73. The number of urea groups is 2. The van der Waals surface area contributed by atoms with Gasteiger partial charge in [-0.25, -0.2) is 9.59 Å². The van der Waals surface area contributed by atoms with E-state index >= 15 is 0 Å². The lowest BCUT2D eigenvalue weighted by Crippen LogP contribution is -2.43. The number of anilines is 2. The van der Waals surface area contributed by atoms with Crippen molar-refractivity contribution in [3.63, 3.8) is 0 Å². The van der Waals surface area contributed by atoms with E-state index in [1.54, 1.807) is 30.1 Å². The van der Waals surface area contributed by atoms with Gasteiger partial charge in [-0.1, -0.05) is 62.2 Å². The molecule has 12 nitrogen and oxygen atoms in total. The summed E-state index contributed by atoms with van der Waals surface area (Å²) in [4.78, 5) is 31.7. The lowest BCUT2D eigenvalue weighted by atomic mass is 9.69. The summed E-state index contributed by atoms with van der Waals surface area (Å²) in [5.41, 5.74) is 4.86. The molecule has 14 heteroatoms. The number of aryl methyl sites for hydroxylation is 1. The number of hydrogen-bond donors (Lipinski definition) is 4. The molecule has 288 valence electrons. The first-order chi connectivity index (χ1) is 26.4. The zero-order chi connectivity index (χ0) is 38.4. The Morgan fingerprint density at radius 2 is 1.27 bits per heavy atom. The van der Waals surface area contributed by atoms with Crippen LogP contribution >= 0.6 is 31.9 Å². The fourth-order valence-electron chi connectivity index (χ4n) is 9.50. The maximum absolute atomic E-state index is 14.1. The van der Waals surface area contributed by atoms with Crippen molar-refractivity contribution < 1.29 is 38.7 Å². The number of ether oxygens (including phenoxy) is 4. The Morgan fingerprint density at radius 1 is 0.782 bits per heavy atom. The summed E-state index contributed by atoms with van der Waals surface area (Å²) >= 11 is 7.51. The predicted molar refractivity (Wildman–Crippen MR) is 212 cm³/mol. The quantitative estimate of drug-likeness (QED) is 0.205. The van der Waals surface area contributed by atoms with Crippen molar-refractivity contribution in [3.05, 3.63) is 91.4 Å². The minimum atomic E-state index is -0.608. The molecule has 2 spiro atoms. The molecule has 3 aromatic carbocycles. The average molecular weight is 879 g/mol. The SMILES string of the molecule is COc1cc(Br)c2c3c1OC1C[C@@H](O)C=CC31CCN(C(=O)Nc1ccc(C)c(NC(=O)N3CCC45C=C[C@H](O)CC4Oc4c(OC)cc(Br)c(c45)C3)c1)C2. The Balaban J connectivity index is 0.952. The standard InChI is InChI=1S/C41H42Br2N4O8/c1-21-4-5-22(44-38(50)46-12-10-40-8-6-23(48)15-32(40)54-36-30(52-2)17-27(42)25(19-46)34(36)40)14-29(21)45-39(51)47-13-11-41-9-7-24(49)16-33(41)55-37-31(53-3)18-28(43)26(20-47)35(37)41/h4-9,14,17-18,23-24,32-33,48-49H,10-13,15-16,19-20H2,1-3H3,(H,44,50)(H,45,51)/t23-,24-,32?,33?,40?,41?/m0/s1. The number of aliphatic hydroxyl groups is 2. The van der Waals surface area contributed by atoms with E-state index in [0.717, 1.165) is 36.8 Å². The van der Waals surface area contributed by atoms with Crippen LogP contribution in [0, 0.1) is 6.92 Å². The first kappa shape index (κ1) is 36.4. The number of carbonyl (C=O) groups excluding carboxylic acids is 2. The Morgan fingerprint density at radius 3 is 1.76 bits per heavy atom. The number of amides is 4. The third-order valence-corrected chi connectivity index (χ3v) is 13.8. The normalized spacial score (nSPS) is 28.1. The molecule has 2 aliphatic carbocycles. The van der Waals surface area contributed by atoms with Crippen molar-refractivity contribution >= 4 is 55.3 Å². The van der Waals surface area contributed by atoms with Gasteiger partial charge in [0.15, 0.2) is 23.0 Å². The van der Waals surface area contributed by atoms with E-state index in [-0.39, 0.29) is 24.3 Å². The monoisotopic (exact) mass is 876 g/mol. The smallest absolute Gasteiger partial charge is 0.322 e. The van der Waals surface area contributed by atoms with Crippen LogP contribution in [0.2, 0.25) is 0 Å². The Kier molecular flexibility index (Phi) is 8.91. The van der Waals surface area contributed by atoms with Gasteiger partial charge in [0, 0.05) is 70.5 Å². The van der Waals surface area contributed by atoms with Crippen molar-refractivity contribution in [3.8, 4) is 23.0 Å². The molecule has 9 rings (SSSR count). The van der Waals surface area contributed by atoms with Gasteiger partial charge in [0.2, 0.25) is 0 Å². The van der Waals surface area contributed by atoms with Gasteiger partial charge in [0.1, 0.15) is 12.2 Å². The molecular weight excluding hydrogens is 836 g/mol. The number of aliphatic hydroxyl groups excluding tert-OH is 2. The fraction of sp³-hybridized carbons (Fsp3) is 0.415. The summed E-state index contributed by atoms with van der Waals surface area (Å²) in [6.45, 7) is 3.49. The van der Waals surface area contributed by atoms with Gasteiger partial charge >= 0.3 is 12.1 Å². The Hall–Kier alpha value is -4.24. The Bertz CT molecular complexity index is 2200. The molecule has 4 aliphatic heterocycles. The van der Waals surface area contributed by atoms with Gasteiger partial charge in [-0.15, -0.1) is 0 Å². The molecule has 4 N–H and O–H groups in total. The Labute approximate surface area is 335 Å². The second-order valence-electron chi connectivity index (χ2n) is 15.3. The molecule has 4 amide bonds. The second kappa shape index (κ2) is 13.5. The fourth-order valence-corrected chi connectivity index (χ4v) is 10.6. The van der Waals surface area contributed by atoms with Gasteiger partial charge in [-0.3, -0.25) is 0 Å². The van der Waals surface area contributed by atoms with Crippen molar-refractivity contribution in [2.45, 2.75) is 80.9 Å². The van der Waals surface area contributed by atoms with Crippen molar-refractivity contribution in [1.82, 2.24) is 9.80 Å². The summed E-state index contributed by atoms with van der Waals surface area (Å²) in [7, 11) is 3.22. The van der Waals surface area contributed by atoms with Crippen LogP contribution in [0.4, 0.5) is 21.0 Å². The van der Waals surface area contributed by atoms with E-state index in [1.165, 1.54) is 0 Å². The zero-order valence-electron chi connectivity index (χ0n) is 30.7. The van der Waals surface area contributed by atoms with Crippen LogP contribution < -0.4 is 29.6 Å². The molecule has 6 atom stereocenters. The number of halogens is 2. The molecule has 0 radical (unpaired) electrons. The molecule has 55 heavy (non-hydrogen) atoms. The number of benzene rings is 3. The van der Waals surface area contributed by atoms with Crippen LogP contribution in [0.1, 0.15) is 53.5 Å². The van der Waals surface area contributed by atoms with Crippen LogP contribution in [0.25, 0.3) is 0 Å². The van der Waals surface area contributed by atoms with E-state index in [1.807, 2.05) is 43.3 Å². The topological polar surface area (TPSA) is 142 Å². The highest BCUT2D eigenvalue weighted by Gasteiger charge is 2.55. The molecule has 0 bridgehead atoms. The highest BCUT2D eigenvalue weighted by molar-refractivity contribution is 9.10. The highest BCUT2D eigenvalue weighted by atomic mass is 79.9. The zero-order valence-corrected chi connectivity index (χ0v) is 33.8. The van der Waals surface area contributed by atoms with E-state index in [0.29, 0.717) is 86.2 Å². The van der Waals surface area contributed by atoms with Crippen LogP contribution in [0.5, 0.6) is 23.0 Å². The van der Waals surface area contributed by atoms with Crippen molar-refractivity contribution in [2.75, 3.05) is 37.9 Å². The van der Waals surface area contributed by atoms with Crippen LogP contribution in [0.15, 0.2) is 63.6 Å². The molecular formula is C41H42Br2N4O8. The number of nitrogens with zero attached hydrogens (tertiary/aromatic N) is 2. The third-order valence-electron chi connectivity index (χ3n) is 12.4. The molecule has 0 fully saturated rings. The number of carbonyl (C=O) groups is 2. The number of hydrogen-bond acceptors (Lipinski definition) is 8. The van der Waals surface area contributed by atoms with Gasteiger partial charge in [0.05, 0.1) is 37.3 Å². The van der Waals surface area contributed by atoms with Gasteiger partial charge < -0.3 is 49.6 Å². The minimum Gasteiger partial charge on any atom is -0.493 e. The molecule has 3 aromatic rings. The molecule has 0 saturated carbocycles. The summed E-state index contributed by atoms with van der Waals surface area (Å²) in [6.07, 6.45) is 8.10. The first-order valence-electron chi connectivity index (χ1n) is 18.5. The van der Waals surface area contributed by atoms with Gasteiger partial charge in [-0.05, 0) is 60.7 Å². The first-order valence-corrected chi connectivity index (χ1v) is 20.1. The molecule has 6 aliphatic rings. The number of nitrogens with one attached hydrogen (secondary N) is 2. The van der Waals surface area contributed by atoms with E-state index in [9.17, 15) is 19.8 Å². The maximum atomic E-state index is 14.1. The lowest BCUT2D eigenvalue weighted by molar-refractivity contribution is 0.0822. The number of rotatable bonds is 4. The van der Waals surface area contributed by atoms with E-state index in [2.05, 4.69) is 54.6 Å². The minimum absolute atomic E-state index is 0.265. The molecule has 4 heterocycles. The highest BCUT2D eigenvalue weighted by Crippen LogP contribution is 2.59. The summed E-state index contributed by atoms with van der Waals surface area (Å²) < 4.78 is 26.0. The molecule has 4 unspecified atom stereocenters. The van der Waals surface area contributed by atoms with E-state index in [4.69, 9.17) is 18.9 Å². The van der Waals surface area contributed by atoms with Crippen LogP contribution in [-0.2, 0) is 23.9 Å². The predicted octanol–water partition coefficient (Wildman–Crippen LogP) is 7.05. The largest absolute Gasteiger partial charge is 0.493 e. The molecule has 0 aromatic heterocycles.